The van der Waals surface area contributed by atoms with Crippen LogP contribution in [0.25, 0.3) is 0 Å². The Kier molecular flexibility index (Phi) is 3.43. The highest BCUT2D eigenvalue weighted by Gasteiger charge is 1.94. The minimum Gasteiger partial charge on any atom is -0.391 e. The summed E-state index contributed by atoms with van der Waals surface area (Å²) in [4.78, 5) is 4.96. The summed E-state index contributed by atoms with van der Waals surface area (Å²) in [5, 5.41) is 3.74. The smallest absolute Gasteiger partial charge is 0.142 e. The molecule has 1 rings (SSSR count). The molecule has 0 heterocycles. The number of oxime groups is 1. The predicted octanol–water partition coefficient (Wildman–Crippen LogP) is 2.74. The van der Waals surface area contributed by atoms with E-state index in [1.165, 1.54) is 12.1 Å². The van der Waals surface area contributed by atoms with Crippen molar-refractivity contribution in [1.82, 2.24) is 0 Å². The van der Waals surface area contributed by atoms with Gasteiger partial charge in [-0.2, -0.15) is 0 Å². The Morgan fingerprint density at radius 1 is 1.46 bits per heavy atom. The quantitative estimate of drug-likeness (QED) is 0.519. The van der Waals surface area contributed by atoms with Gasteiger partial charge in [-0.1, -0.05) is 17.3 Å². The van der Waals surface area contributed by atoms with Gasteiger partial charge in [0, 0.05) is 0 Å². The first-order chi connectivity index (χ1) is 6.18. The number of benzene rings is 1. The van der Waals surface area contributed by atoms with Gasteiger partial charge in [0.25, 0.3) is 0 Å². The van der Waals surface area contributed by atoms with Gasteiger partial charge < -0.3 is 4.84 Å². The van der Waals surface area contributed by atoms with Crippen molar-refractivity contribution in [2.24, 2.45) is 5.16 Å². The molecule has 0 saturated carbocycles. The molecular weight excluding hydrogens is 169 g/mol. The van der Waals surface area contributed by atoms with Crippen LogP contribution < -0.4 is 0 Å². The monoisotopic (exact) mass is 181 g/mol. The molecule has 13 heavy (non-hydrogen) atoms. The van der Waals surface area contributed by atoms with Crippen molar-refractivity contribution < 1.29 is 9.23 Å². The second-order valence-electron chi connectivity index (χ2n) is 2.94. The molecule has 0 radical (unpaired) electrons. The Labute approximate surface area is 77.0 Å². The lowest BCUT2D eigenvalue weighted by molar-refractivity contribution is 0.130. The summed E-state index contributed by atoms with van der Waals surface area (Å²) in [6, 6.07) is 6.28. The summed E-state index contributed by atoms with van der Waals surface area (Å²) in [5.41, 5.74) is 1.63. The summed E-state index contributed by atoms with van der Waals surface area (Å²) in [6.07, 6.45) is 0. The number of nitrogens with zero attached hydrogens (tertiary/aromatic N) is 1. The molecule has 0 aliphatic rings. The summed E-state index contributed by atoms with van der Waals surface area (Å²) in [6.45, 7) is 3.99. The highest BCUT2D eigenvalue weighted by molar-refractivity contribution is 5.78. The van der Waals surface area contributed by atoms with Crippen LogP contribution in [0, 0.1) is 5.82 Å². The van der Waals surface area contributed by atoms with Gasteiger partial charge in [-0.25, -0.2) is 4.39 Å². The second kappa shape index (κ2) is 4.60. The van der Waals surface area contributed by atoms with E-state index in [9.17, 15) is 4.39 Å². The molecule has 0 spiro atoms. The van der Waals surface area contributed by atoms with Gasteiger partial charge in [0.2, 0.25) is 0 Å². The average Bonchev–Trinajstić information content (AvgIpc) is 2.03. The summed E-state index contributed by atoms with van der Waals surface area (Å²) >= 11 is 0. The van der Waals surface area contributed by atoms with E-state index in [-0.39, 0.29) is 5.82 Å². The number of hydrogen-bond acceptors (Lipinski definition) is 2. The summed E-state index contributed by atoms with van der Waals surface area (Å²) in [7, 11) is 0. The van der Waals surface area contributed by atoms with Crippen LogP contribution in [0.4, 0.5) is 4.39 Å². The van der Waals surface area contributed by atoms with E-state index >= 15 is 0 Å². The lowest BCUT2D eigenvalue weighted by Crippen LogP contribution is -1.90. The summed E-state index contributed by atoms with van der Waals surface area (Å²) in [5.74, 6) is -0.252. The molecular formula is C10H12FNO. The fourth-order valence-corrected chi connectivity index (χ4v) is 0.863. The SMILES string of the molecule is CC(C)=NOCc1cccc(F)c1. The lowest BCUT2D eigenvalue weighted by Gasteiger charge is -1.99. The van der Waals surface area contributed by atoms with Crippen LogP contribution in [0.5, 0.6) is 0 Å². The predicted molar refractivity (Wildman–Crippen MR) is 50.0 cm³/mol. The molecule has 0 bridgehead atoms. The maximum Gasteiger partial charge on any atom is 0.142 e. The molecule has 1 aromatic rings. The first kappa shape index (κ1) is 9.71. The van der Waals surface area contributed by atoms with Crippen LogP contribution in [-0.2, 0) is 11.4 Å². The Bertz CT molecular complexity index is 306. The zero-order valence-electron chi connectivity index (χ0n) is 7.75. The van der Waals surface area contributed by atoms with Crippen LogP contribution in [0.3, 0.4) is 0 Å². The van der Waals surface area contributed by atoms with E-state index in [1.807, 2.05) is 13.8 Å². The first-order valence-corrected chi connectivity index (χ1v) is 4.06. The number of halogens is 1. The molecule has 0 aliphatic carbocycles. The Morgan fingerprint density at radius 2 is 2.23 bits per heavy atom. The van der Waals surface area contributed by atoms with Crippen LogP contribution in [0.2, 0.25) is 0 Å². The molecule has 0 unspecified atom stereocenters. The van der Waals surface area contributed by atoms with Crippen molar-refractivity contribution in [3.8, 4) is 0 Å². The van der Waals surface area contributed by atoms with Crippen LogP contribution in [0.15, 0.2) is 29.4 Å². The third kappa shape index (κ3) is 3.69. The highest BCUT2D eigenvalue weighted by atomic mass is 19.1. The van der Waals surface area contributed by atoms with Gasteiger partial charge in [-0.3, -0.25) is 0 Å². The van der Waals surface area contributed by atoms with Crippen molar-refractivity contribution in [3.05, 3.63) is 35.6 Å². The lowest BCUT2D eigenvalue weighted by atomic mass is 10.2. The van der Waals surface area contributed by atoms with Crippen molar-refractivity contribution in [2.45, 2.75) is 20.5 Å². The molecule has 70 valence electrons. The van der Waals surface area contributed by atoms with Gasteiger partial charge in [0.05, 0.1) is 5.71 Å². The third-order valence-electron chi connectivity index (χ3n) is 1.37. The molecule has 0 N–H and O–H groups in total. The molecule has 0 amide bonds. The van der Waals surface area contributed by atoms with Crippen molar-refractivity contribution >= 4 is 5.71 Å². The molecule has 0 fully saturated rings. The van der Waals surface area contributed by atoms with Gasteiger partial charge in [-0.15, -0.1) is 0 Å². The first-order valence-electron chi connectivity index (χ1n) is 4.06. The van der Waals surface area contributed by atoms with E-state index in [4.69, 9.17) is 4.84 Å². The van der Waals surface area contributed by atoms with E-state index in [2.05, 4.69) is 5.16 Å². The molecule has 0 aliphatic heterocycles. The van der Waals surface area contributed by atoms with Gasteiger partial charge in [0.1, 0.15) is 12.4 Å². The molecule has 3 heteroatoms. The third-order valence-corrected chi connectivity index (χ3v) is 1.37. The standard InChI is InChI=1S/C10H12FNO/c1-8(2)12-13-7-9-4-3-5-10(11)6-9/h3-6H,7H2,1-2H3. The average molecular weight is 181 g/mol. The topological polar surface area (TPSA) is 21.6 Å². The fraction of sp³-hybridized carbons (Fsp3) is 0.300. The largest absolute Gasteiger partial charge is 0.391 e. The van der Waals surface area contributed by atoms with Crippen LogP contribution >= 0.6 is 0 Å². The normalized spacial score (nSPS) is 9.46. The van der Waals surface area contributed by atoms with Gasteiger partial charge >= 0.3 is 0 Å². The Morgan fingerprint density at radius 3 is 2.85 bits per heavy atom. The van der Waals surface area contributed by atoms with E-state index in [0.29, 0.717) is 6.61 Å². The minimum atomic E-state index is -0.252. The van der Waals surface area contributed by atoms with E-state index in [1.54, 1.807) is 12.1 Å². The molecule has 0 saturated heterocycles. The molecule has 2 nitrogen and oxygen atoms in total. The number of rotatable bonds is 3. The Balaban J connectivity index is 2.50. The molecule has 0 aromatic heterocycles. The van der Waals surface area contributed by atoms with Crippen molar-refractivity contribution in [3.63, 3.8) is 0 Å². The summed E-state index contributed by atoms with van der Waals surface area (Å²) < 4.78 is 12.7. The maximum absolute atomic E-state index is 12.7. The van der Waals surface area contributed by atoms with Crippen LogP contribution in [0.1, 0.15) is 19.4 Å². The minimum absolute atomic E-state index is 0.252. The molecule has 0 atom stereocenters. The number of hydrogen-bond donors (Lipinski definition) is 0. The van der Waals surface area contributed by atoms with Crippen molar-refractivity contribution in [2.75, 3.05) is 0 Å². The zero-order valence-corrected chi connectivity index (χ0v) is 7.75. The van der Waals surface area contributed by atoms with Gasteiger partial charge in [0.15, 0.2) is 0 Å². The van der Waals surface area contributed by atoms with E-state index < -0.39 is 0 Å². The second-order valence-corrected chi connectivity index (χ2v) is 2.94. The maximum atomic E-state index is 12.7. The highest BCUT2D eigenvalue weighted by Crippen LogP contribution is 2.04. The van der Waals surface area contributed by atoms with Gasteiger partial charge in [-0.05, 0) is 31.5 Å². The van der Waals surface area contributed by atoms with E-state index in [0.717, 1.165) is 11.3 Å². The van der Waals surface area contributed by atoms with Crippen molar-refractivity contribution in [1.29, 1.82) is 0 Å². The Hall–Kier alpha value is -1.38. The van der Waals surface area contributed by atoms with Crippen LogP contribution in [-0.4, -0.2) is 5.71 Å². The molecule has 1 aromatic carbocycles. The zero-order chi connectivity index (χ0) is 9.68. The fourth-order valence-electron chi connectivity index (χ4n) is 0.863.